The first-order chi connectivity index (χ1) is 6.63. The number of carbonyl (C=O) groups is 1. The normalized spacial score (nSPS) is 25.1. The highest BCUT2D eigenvalue weighted by Crippen LogP contribution is 2.48. The van der Waals surface area contributed by atoms with Crippen LogP contribution in [-0.4, -0.2) is 15.6 Å². The van der Waals surface area contributed by atoms with E-state index in [1.165, 1.54) is 5.56 Å². The predicted molar refractivity (Wildman–Crippen MR) is 54.1 cm³/mol. The summed E-state index contributed by atoms with van der Waals surface area (Å²) >= 11 is 0. The minimum atomic E-state index is 0.268. The molecule has 0 amide bonds. The molecule has 0 spiro atoms. The van der Waals surface area contributed by atoms with Crippen molar-refractivity contribution in [1.82, 2.24) is 9.78 Å². The smallest absolute Gasteiger partial charge is 0.133 e. The van der Waals surface area contributed by atoms with Crippen molar-refractivity contribution in [1.29, 1.82) is 0 Å². The molecular weight excluding hydrogens is 176 g/mol. The van der Waals surface area contributed by atoms with Crippen LogP contribution in [0.4, 0.5) is 0 Å². The van der Waals surface area contributed by atoms with Crippen molar-refractivity contribution in [3.63, 3.8) is 0 Å². The number of rotatable bonds is 3. The number of ketones is 1. The Morgan fingerprint density at radius 1 is 1.71 bits per heavy atom. The van der Waals surface area contributed by atoms with Gasteiger partial charge in [0, 0.05) is 19.2 Å². The Balaban J connectivity index is 2.21. The van der Waals surface area contributed by atoms with E-state index in [1.54, 1.807) is 6.92 Å². The van der Waals surface area contributed by atoms with Gasteiger partial charge in [0.2, 0.25) is 0 Å². The molecule has 76 valence electrons. The molecule has 1 saturated carbocycles. The van der Waals surface area contributed by atoms with Crippen LogP contribution in [0.5, 0.6) is 0 Å². The van der Waals surface area contributed by atoms with Gasteiger partial charge in [0.15, 0.2) is 0 Å². The maximum absolute atomic E-state index is 11.2. The third kappa shape index (κ3) is 1.47. The minimum Gasteiger partial charge on any atom is -0.300 e. The zero-order chi connectivity index (χ0) is 10.3. The minimum absolute atomic E-state index is 0.268. The fourth-order valence-electron chi connectivity index (χ4n) is 2.13. The van der Waals surface area contributed by atoms with E-state index in [0.717, 1.165) is 18.5 Å². The number of hydrogen-bond acceptors (Lipinski definition) is 2. The van der Waals surface area contributed by atoms with Gasteiger partial charge < -0.3 is 0 Å². The lowest BCUT2D eigenvalue weighted by Crippen LogP contribution is -1.96. The van der Waals surface area contributed by atoms with E-state index in [-0.39, 0.29) is 5.92 Å². The number of hydrogen-bond donors (Lipinski definition) is 0. The van der Waals surface area contributed by atoms with E-state index in [9.17, 15) is 4.79 Å². The van der Waals surface area contributed by atoms with Gasteiger partial charge in [-0.15, -0.1) is 0 Å². The molecule has 1 fully saturated rings. The highest BCUT2D eigenvalue weighted by atomic mass is 16.1. The van der Waals surface area contributed by atoms with Crippen molar-refractivity contribution in [2.45, 2.75) is 32.6 Å². The summed E-state index contributed by atoms with van der Waals surface area (Å²) in [6.07, 6.45) is 4.04. The fourth-order valence-corrected chi connectivity index (χ4v) is 2.13. The SMILES string of the molecule is CCc1nn(C)cc1C1CC1C(C)=O. The van der Waals surface area contributed by atoms with E-state index < -0.39 is 0 Å². The van der Waals surface area contributed by atoms with E-state index in [1.807, 2.05) is 11.7 Å². The van der Waals surface area contributed by atoms with Crippen molar-refractivity contribution in [2.75, 3.05) is 0 Å². The summed E-state index contributed by atoms with van der Waals surface area (Å²) in [6.45, 7) is 3.80. The van der Waals surface area contributed by atoms with Crippen LogP contribution in [0.1, 0.15) is 37.4 Å². The average Bonchev–Trinajstić information content (AvgIpc) is 2.84. The highest BCUT2D eigenvalue weighted by molar-refractivity contribution is 5.82. The van der Waals surface area contributed by atoms with Crippen LogP contribution < -0.4 is 0 Å². The molecule has 1 heterocycles. The van der Waals surface area contributed by atoms with Crippen LogP contribution in [0.25, 0.3) is 0 Å². The van der Waals surface area contributed by atoms with Crippen LogP contribution in [0, 0.1) is 5.92 Å². The molecule has 0 bridgehead atoms. The molecule has 1 aliphatic carbocycles. The number of Topliss-reactive ketones (excluding diaryl/α,β-unsaturated/α-hetero) is 1. The van der Waals surface area contributed by atoms with Gasteiger partial charge in [0.1, 0.15) is 5.78 Å². The maximum Gasteiger partial charge on any atom is 0.133 e. The molecule has 2 unspecified atom stereocenters. The molecule has 1 aromatic rings. The van der Waals surface area contributed by atoms with Crippen LogP contribution in [0.3, 0.4) is 0 Å². The average molecular weight is 192 g/mol. The van der Waals surface area contributed by atoms with Gasteiger partial charge in [-0.2, -0.15) is 5.10 Å². The van der Waals surface area contributed by atoms with Gasteiger partial charge in [-0.3, -0.25) is 9.48 Å². The summed E-state index contributed by atoms with van der Waals surface area (Å²) in [6, 6.07) is 0. The molecule has 0 aliphatic heterocycles. The third-order valence-electron chi connectivity index (χ3n) is 2.98. The van der Waals surface area contributed by atoms with E-state index in [2.05, 4.69) is 18.2 Å². The fraction of sp³-hybridized carbons (Fsp3) is 0.636. The quantitative estimate of drug-likeness (QED) is 0.730. The van der Waals surface area contributed by atoms with E-state index in [4.69, 9.17) is 0 Å². The number of nitrogens with zero attached hydrogens (tertiary/aromatic N) is 2. The predicted octanol–water partition coefficient (Wildman–Crippen LogP) is 1.68. The summed E-state index contributed by atoms with van der Waals surface area (Å²) in [7, 11) is 1.94. The van der Waals surface area contributed by atoms with Gasteiger partial charge in [-0.25, -0.2) is 0 Å². The first-order valence-corrected chi connectivity index (χ1v) is 5.16. The number of aromatic nitrogens is 2. The van der Waals surface area contributed by atoms with Gasteiger partial charge in [-0.05, 0) is 31.2 Å². The summed E-state index contributed by atoms with van der Waals surface area (Å²) in [4.78, 5) is 11.2. The monoisotopic (exact) mass is 192 g/mol. The molecule has 2 atom stereocenters. The summed E-state index contributed by atoms with van der Waals surface area (Å²) in [5.74, 6) is 1.04. The lowest BCUT2D eigenvalue weighted by atomic mass is 10.1. The highest BCUT2D eigenvalue weighted by Gasteiger charge is 2.43. The molecule has 1 aromatic heterocycles. The van der Waals surface area contributed by atoms with Gasteiger partial charge in [-0.1, -0.05) is 6.92 Å². The summed E-state index contributed by atoms with van der Waals surface area (Å²) in [5, 5.41) is 4.39. The number of carbonyl (C=O) groups excluding carboxylic acids is 1. The van der Waals surface area contributed by atoms with E-state index in [0.29, 0.717) is 11.7 Å². The van der Waals surface area contributed by atoms with Crippen molar-refractivity contribution in [3.8, 4) is 0 Å². The standard InChI is InChI=1S/C11H16N2O/c1-4-11-10(6-13(3)12-11)9-5-8(9)7(2)14/h6,8-9H,4-5H2,1-3H3. The Kier molecular flexibility index (Phi) is 2.17. The van der Waals surface area contributed by atoms with Gasteiger partial charge in [0.05, 0.1) is 5.69 Å². The van der Waals surface area contributed by atoms with Crippen LogP contribution in [0.15, 0.2) is 6.20 Å². The Labute approximate surface area is 84.1 Å². The zero-order valence-corrected chi connectivity index (χ0v) is 8.95. The summed E-state index contributed by atoms with van der Waals surface area (Å²) < 4.78 is 1.85. The molecule has 3 nitrogen and oxygen atoms in total. The van der Waals surface area contributed by atoms with Crippen LogP contribution >= 0.6 is 0 Å². The van der Waals surface area contributed by atoms with Crippen molar-refractivity contribution < 1.29 is 4.79 Å². The molecule has 1 aliphatic rings. The van der Waals surface area contributed by atoms with Crippen LogP contribution in [0.2, 0.25) is 0 Å². The first-order valence-electron chi connectivity index (χ1n) is 5.16. The topological polar surface area (TPSA) is 34.9 Å². The molecule has 0 aromatic carbocycles. The first kappa shape index (κ1) is 9.44. The lowest BCUT2D eigenvalue weighted by molar-refractivity contribution is -0.118. The van der Waals surface area contributed by atoms with E-state index >= 15 is 0 Å². The second-order valence-corrected chi connectivity index (χ2v) is 4.12. The second-order valence-electron chi connectivity index (χ2n) is 4.12. The van der Waals surface area contributed by atoms with Crippen LogP contribution in [-0.2, 0) is 18.3 Å². The Morgan fingerprint density at radius 3 is 2.93 bits per heavy atom. The molecular formula is C11H16N2O. The molecule has 2 rings (SSSR count). The Bertz CT molecular complexity index is 367. The molecule has 14 heavy (non-hydrogen) atoms. The summed E-state index contributed by atoms with van der Waals surface area (Å²) in [5.41, 5.74) is 2.44. The Hall–Kier alpha value is -1.12. The molecule has 0 saturated heterocycles. The lowest BCUT2D eigenvalue weighted by Gasteiger charge is -1.96. The second kappa shape index (κ2) is 3.23. The number of aryl methyl sites for hydroxylation is 2. The molecule has 0 radical (unpaired) electrons. The maximum atomic E-state index is 11.2. The zero-order valence-electron chi connectivity index (χ0n) is 8.95. The largest absolute Gasteiger partial charge is 0.300 e. The molecule has 0 N–H and O–H groups in total. The van der Waals surface area contributed by atoms with Crippen molar-refractivity contribution >= 4 is 5.78 Å². The van der Waals surface area contributed by atoms with Crippen molar-refractivity contribution in [2.24, 2.45) is 13.0 Å². The van der Waals surface area contributed by atoms with Crippen molar-refractivity contribution in [3.05, 3.63) is 17.5 Å². The van der Waals surface area contributed by atoms with Gasteiger partial charge in [0.25, 0.3) is 0 Å². The third-order valence-corrected chi connectivity index (χ3v) is 2.98. The van der Waals surface area contributed by atoms with Gasteiger partial charge >= 0.3 is 0 Å². The molecule has 3 heteroatoms. The Morgan fingerprint density at radius 2 is 2.43 bits per heavy atom.